The smallest absolute Gasteiger partial charge is 0.123 e. The van der Waals surface area contributed by atoms with Crippen molar-refractivity contribution < 1.29 is 4.39 Å². The second-order valence-corrected chi connectivity index (χ2v) is 5.58. The van der Waals surface area contributed by atoms with Gasteiger partial charge in [-0.1, -0.05) is 26.8 Å². The molecule has 0 fully saturated rings. The van der Waals surface area contributed by atoms with Gasteiger partial charge in [-0.15, -0.1) is 0 Å². The van der Waals surface area contributed by atoms with Crippen molar-refractivity contribution in [2.45, 2.75) is 40.5 Å². The first kappa shape index (κ1) is 15.2. The Morgan fingerprint density at radius 1 is 1.28 bits per heavy atom. The fraction of sp³-hybridized carbons (Fsp3) is 0.625. The molecule has 1 atom stereocenters. The van der Waals surface area contributed by atoms with Crippen LogP contribution in [0.2, 0.25) is 0 Å². The molecule has 0 saturated heterocycles. The lowest BCUT2D eigenvalue weighted by Gasteiger charge is -2.20. The van der Waals surface area contributed by atoms with Crippen LogP contribution in [0, 0.1) is 24.6 Å². The summed E-state index contributed by atoms with van der Waals surface area (Å²) in [5.41, 5.74) is 2.35. The Kier molecular flexibility index (Phi) is 6.34. The third-order valence-corrected chi connectivity index (χ3v) is 3.30. The lowest BCUT2D eigenvalue weighted by molar-refractivity contribution is 0.388. The van der Waals surface area contributed by atoms with Crippen molar-refractivity contribution in [3.8, 4) is 0 Å². The second kappa shape index (κ2) is 7.52. The molecule has 0 aliphatic rings. The number of nitrogens with one attached hydrogen (secondary N) is 1. The van der Waals surface area contributed by atoms with Gasteiger partial charge in [0.1, 0.15) is 5.82 Å². The molecule has 18 heavy (non-hydrogen) atoms. The summed E-state index contributed by atoms with van der Waals surface area (Å²) in [6.45, 7) is 10.7. The molecule has 1 aromatic carbocycles. The molecule has 0 heterocycles. The molecule has 0 aromatic heterocycles. The van der Waals surface area contributed by atoms with E-state index in [0.717, 1.165) is 25.1 Å². The molecule has 102 valence electrons. The Morgan fingerprint density at radius 3 is 2.56 bits per heavy atom. The Morgan fingerprint density at radius 2 is 2.00 bits per heavy atom. The van der Waals surface area contributed by atoms with E-state index in [0.29, 0.717) is 11.8 Å². The molecule has 0 spiro atoms. The van der Waals surface area contributed by atoms with Crippen molar-refractivity contribution >= 4 is 0 Å². The maximum Gasteiger partial charge on any atom is 0.123 e. The predicted octanol–water partition coefficient (Wildman–Crippen LogP) is 3.95. The van der Waals surface area contributed by atoms with E-state index in [1.807, 2.05) is 13.0 Å². The Labute approximate surface area is 111 Å². The summed E-state index contributed by atoms with van der Waals surface area (Å²) in [5.74, 6) is 1.20. The van der Waals surface area contributed by atoms with Crippen LogP contribution >= 0.6 is 0 Å². The molecule has 0 radical (unpaired) electrons. The highest BCUT2D eigenvalue weighted by Gasteiger charge is 2.13. The molecule has 0 aliphatic heterocycles. The lowest BCUT2D eigenvalue weighted by Crippen LogP contribution is -2.25. The fourth-order valence-electron chi connectivity index (χ4n) is 2.45. The maximum absolute atomic E-state index is 13.1. The zero-order valence-electron chi connectivity index (χ0n) is 12.1. The van der Waals surface area contributed by atoms with Crippen molar-refractivity contribution in [3.63, 3.8) is 0 Å². The van der Waals surface area contributed by atoms with E-state index >= 15 is 0 Å². The van der Waals surface area contributed by atoms with Gasteiger partial charge in [-0.25, -0.2) is 4.39 Å². The van der Waals surface area contributed by atoms with Gasteiger partial charge in [0.2, 0.25) is 0 Å². The number of aryl methyl sites for hydroxylation is 1. The Bertz CT molecular complexity index is 360. The monoisotopic (exact) mass is 251 g/mol. The first-order chi connectivity index (χ1) is 8.52. The lowest BCUT2D eigenvalue weighted by atomic mass is 9.89. The highest BCUT2D eigenvalue weighted by Crippen LogP contribution is 2.19. The zero-order chi connectivity index (χ0) is 13.5. The van der Waals surface area contributed by atoms with Gasteiger partial charge < -0.3 is 5.32 Å². The summed E-state index contributed by atoms with van der Waals surface area (Å²) >= 11 is 0. The van der Waals surface area contributed by atoms with Crippen LogP contribution in [0.15, 0.2) is 18.2 Å². The third-order valence-electron chi connectivity index (χ3n) is 3.30. The van der Waals surface area contributed by atoms with E-state index in [1.165, 1.54) is 12.0 Å². The molecule has 1 unspecified atom stereocenters. The van der Waals surface area contributed by atoms with Gasteiger partial charge >= 0.3 is 0 Å². The number of halogens is 1. The zero-order valence-corrected chi connectivity index (χ0v) is 12.1. The first-order valence-electron chi connectivity index (χ1n) is 6.98. The fourth-order valence-corrected chi connectivity index (χ4v) is 2.45. The summed E-state index contributed by atoms with van der Waals surface area (Å²) in [5, 5.41) is 3.43. The Balaban J connectivity index is 2.68. The van der Waals surface area contributed by atoms with Crippen LogP contribution < -0.4 is 5.32 Å². The van der Waals surface area contributed by atoms with Gasteiger partial charge in [0.25, 0.3) is 0 Å². The van der Waals surface area contributed by atoms with E-state index in [-0.39, 0.29) is 5.82 Å². The van der Waals surface area contributed by atoms with Gasteiger partial charge in [-0.3, -0.25) is 0 Å². The number of hydrogen-bond donors (Lipinski definition) is 1. The quantitative estimate of drug-likeness (QED) is 0.773. The normalized spacial score (nSPS) is 13.0. The standard InChI is InChI=1S/C16H26FN/c1-5-18-11-14(8-12(2)3)10-15-6-7-16(17)9-13(15)4/h6-7,9,12,14,18H,5,8,10-11H2,1-4H3. The van der Waals surface area contributed by atoms with E-state index < -0.39 is 0 Å². The van der Waals surface area contributed by atoms with Crippen molar-refractivity contribution in [2.24, 2.45) is 11.8 Å². The van der Waals surface area contributed by atoms with E-state index in [4.69, 9.17) is 0 Å². The average Bonchev–Trinajstić information content (AvgIpc) is 2.29. The molecule has 1 aromatic rings. The molecule has 0 saturated carbocycles. The number of rotatable bonds is 7. The first-order valence-corrected chi connectivity index (χ1v) is 6.98. The van der Waals surface area contributed by atoms with E-state index in [1.54, 1.807) is 12.1 Å². The number of hydrogen-bond acceptors (Lipinski definition) is 1. The Hall–Kier alpha value is -0.890. The summed E-state index contributed by atoms with van der Waals surface area (Å²) in [4.78, 5) is 0. The van der Waals surface area contributed by atoms with Crippen LogP contribution in [0.25, 0.3) is 0 Å². The highest BCUT2D eigenvalue weighted by molar-refractivity contribution is 5.27. The molecule has 0 bridgehead atoms. The van der Waals surface area contributed by atoms with Crippen molar-refractivity contribution in [2.75, 3.05) is 13.1 Å². The van der Waals surface area contributed by atoms with Crippen LogP contribution in [-0.4, -0.2) is 13.1 Å². The van der Waals surface area contributed by atoms with Crippen LogP contribution in [-0.2, 0) is 6.42 Å². The van der Waals surface area contributed by atoms with E-state index in [9.17, 15) is 4.39 Å². The average molecular weight is 251 g/mol. The molecule has 1 N–H and O–H groups in total. The van der Waals surface area contributed by atoms with Crippen molar-refractivity contribution in [3.05, 3.63) is 35.1 Å². The summed E-state index contributed by atoms with van der Waals surface area (Å²) in [7, 11) is 0. The van der Waals surface area contributed by atoms with Gasteiger partial charge in [-0.05, 0) is 68.0 Å². The van der Waals surface area contributed by atoms with Gasteiger partial charge in [-0.2, -0.15) is 0 Å². The van der Waals surface area contributed by atoms with E-state index in [2.05, 4.69) is 26.1 Å². The highest BCUT2D eigenvalue weighted by atomic mass is 19.1. The molecule has 2 heteroatoms. The summed E-state index contributed by atoms with van der Waals surface area (Å²) < 4.78 is 13.1. The van der Waals surface area contributed by atoms with Crippen molar-refractivity contribution in [1.82, 2.24) is 5.32 Å². The topological polar surface area (TPSA) is 12.0 Å². The van der Waals surface area contributed by atoms with Gasteiger partial charge in [0, 0.05) is 0 Å². The third kappa shape index (κ3) is 5.18. The summed E-state index contributed by atoms with van der Waals surface area (Å²) in [6, 6.07) is 5.14. The maximum atomic E-state index is 13.1. The minimum Gasteiger partial charge on any atom is -0.317 e. The molecule has 0 aliphatic carbocycles. The minimum absolute atomic E-state index is 0.136. The SMILES string of the molecule is CCNCC(Cc1ccc(F)cc1C)CC(C)C. The van der Waals surface area contributed by atoms with Crippen LogP contribution in [0.5, 0.6) is 0 Å². The van der Waals surface area contributed by atoms with Crippen molar-refractivity contribution in [1.29, 1.82) is 0 Å². The molecule has 1 rings (SSSR count). The number of benzene rings is 1. The largest absolute Gasteiger partial charge is 0.317 e. The molecule has 0 amide bonds. The molecular formula is C16H26FN. The second-order valence-electron chi connectivity index (χ2n) is 5.58. The van der Waals surface area contributed by atoms with Crippen LogP contribution in [0.4, 0.5) is 4.39 Å². The van der Waals surface area contributed by atoms with Crippen LogP contribution in [0.1, 0.15) is 38.3 Å². The molecular weight excluding hydrogens is 225 g/mol. The van der Waals surface area contributed by atoms with Gasteiger partial charge in [0.05, 0.1) is 0 Å². The summed E-state index contributed by atoms with van der Waals surface area (Å²) in [6.07, 6.45) is 2.25. The molecule has 1 nitrogen and oxygen atoms in total. The predicted molar refractivity (Wildman–Crippen MR) is 76.3 cm³/mol. The minimum atomic E-state index is -0.136. The van der Waals surface area contributed by atoms with Gasteiger partial charge in [0.15, 0.2) is 0 Å². The van der Waals surface area contributed by atoms with Crippen LogP contribution in [0.3, 0.4) is 0 Å².